The van der Waals surface area contributed by atoms with Gasteiger partial charge in [-0.2, -0.15) is 0 Å². The number of hydrogen-bond acceptors (Lipinski definition) is 7. The number of hydrogen-bond donors (Lipinski definition) is 3. The third-order valence-electron chi connectivity index (χ3n) is 6.23. The summed E-state index contributed by atoms with van der Waals surface area (Å²) in [6.07, 6.45) is 4.88. The first-order chi connectivity index (χ1) is 18.6. The molecule has 38 heavy (non-hydrogen) atoms. The van der Waals surface area contributed by atoms with Crippen LogP contribution >= 0.6 is 11.6 Å². The zero-order chi connectivity index (χ0) is 26.3. The second-order valence-electron chi connectivity index (χ2n) is 8.88. The summed E-state index contributed by atoms with van der Waals surface area (Å²) >= 11 is 6.51. The smallest absolute Gasteiger partial charge is 0.248 e. The Morgan fingerprint density at radius 3 is 2.63 bits per heavy atom. The minimum atomic E-state index is -0.191. The van der Waals surface area contributed by atoms with E-state index >= 15 is 0 Å². The number of fused-ring (bicyclic) bond motifs is 1. The van der Waals surface area contributed by atoms with Gasteiger partial charge in [-0.1, -0.05) is 47.5 Å². The lowest BCUT2D eigenvalue weighted by molar-refractivity contribution is -0.112. The molecule has 0 spiro atoms. The molecule has 3 aromatic carbocycles. The van der Waals surface area contributed by atoms with Crippen LogP contribution in [-0.2, 0) is 11.4 Å². The van der Waals surface area contributed by atoms with Gasteiger partial charge in [-0.3, -0.25) is 4.79 Å². The number of rotatable bonds is 8. The van der Waals surface area contributed by atoms with Crippen molar-refractivity contribution in [2.45, 2.75) is 19.4 Å². The summed E-state index contributed by atoms with van der Waals surface area (Å²) in [5, 5.41) is 10.8. The molecule has 2 heterocycles. The molecule has 194 valence electrons. The monoisotopic (exact) mass is 529 g/mol. The van der Waals surface area contributed by atoms with Gasteiger partial charge in [0.25, 0.3) is 0 Å². The van der Waals surface area contributed by atoms with Crippen LogP contribution in [0.1, 0.15) is 18.4 Å². The van der Waals surface area contributed by atoms with Crippen molar-refractivity contribution in [2.75, 3.05) is 30.8 Å². The van der Waals surface area contributed by atoms with Crippen molar-refractivity contribution < 1.29 is 14.3 Å². The number of ether oxygens (including phenoxy) is 2. The zero-order valence-electron chi connectivity index (χ0n) is 21.0. The van der Waals surface area contributed by atoms with Crippen LogP contribution in [0.15, 0.2) is 78.6 Å². The lowest BCUT2D eigenvalue weighted by Crippen LogP contribution is -2.24. The molecule has 5 rings (SSSR count). The average molecular weight is 530 g/mol. The Hall–Kier alpha value is -4.14. The number of benzene rings is 3. The number of amides is 1. The van der Waals surface area contributed by atoms with Crippen LogP contribution in [0, 0.1) is 0 Å². The number of nitrogens with one attached hydrogen (secondary N) is 3. The number of methoxy groups -OCH3 is 1. The maximum atomic E-state index is 12.7. The highest BCUT2D eigenvalue weighted by Gasteiger charge is 2.14. The fourth-order valence-electron chi connectivity index (χ4n) is 4.26. The maximum absolute atomic E-state index is 12.7. The van der Waals surface area contributed by atoms with Crippen LogP contribution in [0.2, 0.25) is 5.02 Å². The van der Waals surface area contributed by atoms with E-state index in [9.17, 15) is 4.79 Å². The summed E-state index contributed by atoms with van der Waals surface area (Å²) in [5.74, 6) is 1.48. The van der Waals surface area contributed by atoms with E-state index in [0.29, 0.717) is 40.2 Å². The lowest BCUT2D eigenvalue weighted by Gasteiger charge is -2.16. The summed E-state index contributed by atoms with van der Waals surface area (Å²) in [6.45, 7) is 2.19. The first-order valence-electron chi connectivity index (χ1n) is 12.4. The van der Waals surface area contributed by atoms with Gasteiger partial charge in [-0.25, -0.2) is 9.97 Å². The van der Waals surface area contributed by atoms with Gasteiger partial charge in [-0.05, 0) is 55.8 Å². The van der Waals surface area contributed by atoms with E-state index < -0.39 is 0 Å². The van der Waals surface area contributed by atoms with Gasteiger partial charge in [0, 0.05) is 23.2 Å². The van der Waals surface area contributed by atoms with Gasteiger partial charge in [0.05, 0.1) is 23.3 Å². The highest BCUT2D eigenvalue weighted by atomic mass is 35.5. The van der Waals surface area contributed by atoms with Crippen molar-refractivity contribution in [3.63, 3.8) is 0 Å². The van der Waals surface area contributed by atoms with Gasteiger partial charge >= 0.3 is 0 Å². The van der Waals surface area contributed by atoms with E-state index in [1.165, 1.54) is 6.33 Å². The second kappa shape index (κ2) is 11.9. The van der Waals surface area contributed by atoms with Gasteiger partial charge in [0.1, 0.15) is 30.3 Å². The summed E-state index contributed by atoms with van der Waals surface area (Å²) in [5.41, 5.74) is 4.13. The van der Waals surface area contributed by atoms with E-state index in [1.54, 1.807) is 25.3 Å². The second-order valence-corrected chi connectivity index (χ2v) is 9.29. The summed E-state index contributed by atoms with van der Waals surface area (Å²) in [7, 11) is 1.56. The molecule has 8 nitrogen and oxygen atoms in total. The van der Waals surface area contributed by atoms with Crippen molar-refractivity contribution in [3.05, 3.63) is 89.2 Å². The molecule has 1 aromatic heterocycles. The molecule has 1 aliphatic rings. The Morgan fingerprint density at radius 1 is 1.05 bits per heavy atom. The van der Waals surface area contributed by atoms with Gasteiger partial charge in [-0.15, -0.1) is 0 Å². The predicted octanol–water partition coefficient (Wildman–Crippen LogP) is 5.86. The Kier molecular flexibility index (Phi) is 8.01. The van der Waals surface area contributed by atoms with E-state index in [0.717, 1.165) is 48.1 Å². The van der Waals surface area contributed by atoms with Gasteiger partial charge in [0.15, 0.2) is 0 Å². The highest BCUT2D eigenvalue weighted by molar-refractivity contribution is 6.32. The molecule has 3 N–H and O–H groups in total. The quantitative estimate of drug-likeness (QED) is 0.246. The molecule has 4 aromatic rings. The molecule has 9 heteroatoms. The molecule has 1 amide bonds. The topological polar surface area (TPSA) is 97.4 Å². The van der Waals surface area contributed by atoms with Crippen molar-refractivity contribution in [1.29, 1.82) is 0 Å². The summed E-state index contributed by atoms with van der Waals surface area (Å²) in [4.78, 5) is 21.5. The molecule has 1 fully saturated rings. The first kappa shape index (κ1) is 25.5. The number of carbonyl (C=O) groups excluding carboxylic acids is 1. The number of aromatic nitrogens is 2. The Labute approximate surface area is 226 Å². The largest absolute Gasteiger partial charge is 0.494 e. The average Bonchev–Trinajstić information content (AvgIpc) is 2.93. The standard InChI is InChI=1S/C29H28ClN5O3/c1-37-27-16-24-22(15-25(27)35-28(36)13-19-9-11-31-12-10-19)29(33-18-32-24)34-21-7-8-26(23(30)14-21)38-17-20-5-3-2-4-6-20/h2-8,13-16,18,31H,9-12,17H2,1H3,(H,35,36)(H,32,33,34). The van der Waals surface area contributed by atoms with Crippen LogP contribution < -0.4 is 25.4 Å². The number of carbonyl (C=O) groups is 1. The summed E-state index contributed by atoms with van der Waals surface area (Å²) < 4.78 is 11.4. The number of nitrogens with zero attached hydrogens (tertiary/aromatic N) is 2. The molecular formula is C29H28ClN5O3. The van der Waals surface area contributed by atoms with Crippen molar-refractivity contribution in [1.82, 2.24) is 15.3 Å². The fraction of sp³-hybridized carbons (Fsp3) is 0.207. The van der Waals surface area contributed by atoms with Crippen LogP contribution in [0.4, 0.5) is 17.2 Å². The Morgan fingerprint density at radius 2 is 1.87 bits per heavy atom. The van der Waals surface area contributed by atoms with E-state index in [4.69, 9.17) is 21.1 Å². The molecule has 0 unspecified atom stereocenters. The van der Waals surface area contributed by atoms with Crippen LogP contribution in [0.3, 0.4) is 0 Å². The molecule has 0 atom stereocenters. The number of anilines is 3. The van der Waals surface area contributed by atoms with E-state index in [1.807, 2.05) is 48.5 Å². The molecule has 0 saturated carbocycles. The maximum Gasteiger partial charge on any atom is 0.248 e. The zero-order valence-corrected chi connectivity index (χ0v) is 21.7. The van der Waals surface area contributed by atoms with Crippen LogP contribution in [0.25, 0.3) is 10.9 Å². The fourth-order valence-corrected chi connectivity index (χ4v) is 4.50. The van der Waals surface area contributed by atoms with Crippen molar-refractivity contribution in [3.8, 4) is 11.5 Å². The third-order valence-corrected chi connectivity index (χ3v) is 6.52. The van der Waals surface area contributed by atoms with Gasteiger partial charge < -0.3 is 25.4 Å². The normalized spacial score (nSPS) is 13.2. The number of halogens is 1. The molecule has 0 aliphatic carbocycles. The van der Waals surface area contributed by atoms with Crippen molar-refractivity contribution in [2.24, 2.45) is 0 Å². The molecular weight excluding hydrogens is 502 g/mol. The van der Waals surface area contributed by atoms with E-state index in [-0.39, 0.29) is 5.91 Å². The van der Waals surface area contributed by atoms with E-state index in [2.05, 4.69) is 25.9 Å². The molecule has 1 aliphatic heterocycles. The van der Waals surface area contributed by atoms with Gasteiger partial charge in [0.2, 0.25) is 5.91 Å². The molecule has 0 bridgehead atoms. The molecule has 0 radical (unpaired) electrons. The predicted molar refractivity (Wildman–Crippen MR) is 150 cm³/mol. The Bertz CT molecular complexity index is 1470. The minimum absolute atomic E-state index is 0.191. The van der Waals surface area contributed by atoms with Crippen LogP contribution in [0.5, 0.6) is 11.5 Å². The SMILES string of the molecule is COc1cc2ncnc(Nc3ccc(OCc4ccccc4)c(Cl)c3)c2cc1NC(=O)C=C1CCNCC1. The van der Waals surface area contributed by atoms with Crippen molar-refractivity contribution >= 4 is 45.6 Å². The first-order valence-corrected chi connectivity index (χ1v) is 12.7. The number of piperidine rings is 1. The lowest BCUT2D eigenvalue weighted by atomic mass is 10.1. The van der Waals surface area contributed by atoms with Crippen LogP contribution in [-0.4, -0.2) is 36.1 Å². The molecule has 1 saturated heterocycles. The highest BCUT2D eigenvalue weighted by Crippen LogP contribution is 2.35. The summed E-state index contributed by atoms with van der Waals surface area (Å²) in [6, 6.07) is 19.0. The third kappa shape index (κ3) is 6.22. The minimum Gasteiger partial charge on any atom is -0.494 e. The Balaban J connectivity index is 1.36.